The third-order valence-corrected chi connectivity index (χ3v) is 3.37. The minimum absolute atomic E-state index is 0.200. The third-order valence-electron chi connectivity index (χ3n) is 3.37. The maximum Gasteiger partial charge on any atom is 0.331 e. The molecule has 0 bridgehead atoms. The number of carbonyl (C=O) groups excluding carboxylic acids is 1. The molecule has 0 radical (unpaired) electrons. The van der Waals surface area contributed by atoms with Crippen LogP contribution in [0.1, 0.15) is 34.1 Å². The molecule has 0 heterocycles. The van der Waals surface area contributed by atoms with Crippen LogP contribution in [0.15, 0.2) is 23.8 Å². The number of carbonyl (C=O) groups is 1. The summed E-state index contributed by atoms with van der Waals surface area (Å²) in [6.07, 6.45) is 7.23. The van der Waals surface area contributed by atoms with Gasteiger partial charge in [0.25, 0.3) is 0 Å². The summed E-state index contributed by atoms with van der Waals surface area (Å²) in [6.45, 7) is 7.92. The molecule has 0 aromatic heterocycles. The maximum absolute atomic E-state index is 11.6. The zero-order valence-corrected chi connectivity index (χ0v) is 10.5. The molecule has 0 aliphatic heterocycles. The summed E-state index contributed by atoms with van der Waals surface area (Å²) < 4.78 is 5.28. The highest BCUT2D eigenvalue weighted by atomic mass is 16.6. The average molecular weight is 220 g/mol. The zero-order valence-electron chi connectivity index (χ0n) is 10.5. The fraction of sp³-hybridized carbons (Fsp3) is 0.643. The molecule has 1 saturated carbocycles. The molecule has 1 fully saturated rings. The summed E-state index contributed by atoms with van der Waals surface area (Å²) in [6, 6.07) is 0. The monoisotopic (exact) mass is 220 g/mol. The van der Waals surface area contributed by atoms with E-state index in [9.17, 15) is 4.79 Å². The van der Waals surface area contributed by atoms with E-state index in [-0.39, 0.29) is 5.97 Å². The van der Waals surface area contributed by atoms with Gasteiger partial charge < -0.3 is 4.74 Å². The van der Waals surface area contributed by atoms with E-state index in [1.165, 1.54) is 5.57 Å². The Morgan fingerprint density at radius 1 is 1.44 bits per heavy atom. The van der Waals surface area contributed by atoms with Crippen molar-refractivity contribution in [3.63, 3.8) is 0 Å². The Balaban J connectivity index is 1.95. The summed E-state index contributed by atoms with van der Waals surface area (Å²) in [5.41, 5.74) is 0.843. The van der Waals surface area contributed by atoms with Crippen LogP contribution in [0.2, 0.25) is 0 Å². The fourth-order valence-electron chi connectivity index (χ4n) is 2.50. The smallest absolute Gasteiger partial charge is 0.331 e. The van der Waals surface area contributed by atoms with Crippen molar-refractivity contribution >= 4 is 5.97 Å². The quantitative estimate of drug-likeness (QED) is 0.385. The van der Waals surface area contributed by atoms with E-state index in [0.29, 0.717) is 11.8 Å². The number of allylic oxidation sites excluding steroid dienone is 3. The highest BCUT2D eigenvalue weighted by Gasteiger charge is 2.40. The Kier molecular flexibility index (Phi) is 2.69. The van der Waals surface area contributed by atoms with Crippen molar-refractivity contribution in [1.29, 1.82) is 0 Å². The minimum atomic E-state index is -0.393. The molecule has 3 atom stereocenters. The molecule has 0 aromatic carbocycles. The molecular formula is C14H20O2. The second-order valence-electron chi connectivity index (χ2n) is 5.89. The van der Waals surface area contributed by atoms with Crippen LogP contribution in [0.3, 0.4) is 0 Å². The van der Waals surface area contributed by atoms with Gasteiger partial charge in [-0.3, -0.25) is 0 Å². The van der Waals surface area contributed by atoms with E-state index in [1.807, 2.05) is 20.8 Å². The summed E-state index contributed by atoms with van der Waals surface area (Å²) in [5.74, 6) is 1.70. The summed E-state index contributed by atoms with van der Waals surface area (Å²) >= 11 is 0. The second-order valence-corrected chi connectivity index (χ2v) is 5.89. The SMILES string of the molecule is CC1C=C[C@H]2C(=CC(=O)OC(C)(C)C)C[C@@H]12. The first-order valence-corrected chi connectivity index (χ1v) is 5.98. The highest BCUT2D eigenvalue weighted by Crippen LogP contribution is 2.49. The lowest BCUT2D eigenvalue weighted by Crippen LogP contribution is -2.29. The number of hydrogen-bond donors (Lipinski definition) is 0. The highest BCUT2D eigenvalue weighted by molar-refractivity contribution is 5.83. The Bertz CT molecular complexity index is 357. The molecule has 2 aliphatic rings. The molecule has 2 rings (SSSR count). The lowest BCUT2D eigenvalue weighted by atomic mass is 9.68. The van der Waals surface area contributed by atoms with E-state index in [4.69, 9.17) is 4.74 Å². The van der Waals surface area contributed by atoms with Gasteiger partial charge in [0.05, 0.1) is 0 Å². The van der Waals surface area contributed by atoms with E-state index in [1.54, 1.807) is 6.08 Å². The van der Waals surface area contributed by atoms with Crippen LogP contribution < -0.4 is 0 Å². The molecule has 0 N–H and O–H groups in total. The summed E-state index contributed by atoms with van der Waals surface area (Å²) in [5, 5.41) is 0. The molecule has 0 spiro atoms. The molecule has 0 amide bonds. The first kappa shape index (κ1) is 11.4. The largest absolute Gasteiger partial charge is 0.457 e. The summed E-state index contributed by atoms with van der Waals surface area (Å²) in [4.78, 5) is 11.6. The predicted octanol–water partition coefficient (Wildman–Crippen LogP) is 3.10. The summed E-state index contributed by atoms with van der Waals surface area (Å²) in [7, 11) is 0. The number of esters is 1. The van der Waals surface area contributed by atoms with Crippen LogP contribution in [-0.4, -0.2) is 11.6 Å². The van der Waals surface area contributed by atoms with E-state index in [0.717, 1.165) is 12.3 Å². The van der Waals surface area contributed by atoms with Crippen molar-refractivity contribution in [3.8, 4) is 0 Å². The molecule has 0 saturated heterocycles. The van der Waals surface area contributed by atoms with Gasteiger partial charge >= 0.3 is 5.97 Å². The van der Waals surface area contributed by atoms with Crippen molar-refractivity contribution in [2.75, 3.05) is 0 Å². The normalized spacial score (nSPS) is 34.8. The lowest BCUT2D eigenvalue weighted by molar-refractivity contribution is -0.148. The van der Waals surface area contributed by atoms with Gasteiger partial charge in [-0.15, -0.1) is 0 Å². The average Bonchev–Trinajstić information content (AvgIpc) is 2.35. The van der Waals surface area contributed by atoms with Crippen LogP contribution >= 0.6 is 0 Å². The zero-order chi connectivity index (χ0) is 11.9. The molecule has 2 heteroatoms. The molecule has 16 heavy (non-hydrogen) atoms. The number of hydrogen-bond acceptors (Lipinski definition) is 2. The van der Waals surface area contributed by atoms with Gasteiger partial charge in [0.15, 0.2) is 0 Å². The number of fused-ring (bicyclic) bond motifs is 1. The van der Waals surface area contributed by atoms with Gasteiger partial charge in [-0.1, -0.05) is 24.6 Å². The van der Waals surface area contributed by atoms with Crippen LogP contribution in [0, 0.1) is 17.8 Å². The van der Waals surface area contributed by atoms with Gasteiger partial charge in [0.1, 0.15) is 5.60 Å². The van der Waals surface area contributed by atoms with E-state index < -0.39 is 5.60 Å². The predicted molar refractivity (Wildman–Crippen MR) is 63.8 cm³/mol. The minimum Gasteiger partial charge on any atom is -0.457 e. The van der Waals surface area contributed by atoms with Crippen LogP contribution in [-0.2, 0) is 9.53 Å². The Hall–Kier alpha value is -1.05. The lowest BCUT2D eigenvalue weighted by Gasteiger charge is -2.36. The van der Waals surface area contributed by atoms with Crippen LogP contribution in [0.5, 0.6) is 0 Å². The van der Waals surface area contributed by atoms with E-state index in [2.05, 4.69) is 19.1 Å². The van der Waals surface area contributed by atoms with Gasteiger partial charge in [0.2, 0.25) is 0 Å². The van der Waals surface area contributed by atoms with Gasteiger partial charge in [-0.25, -0.2) is 4.79 Å². The Labute approximate surface area is 97.4 Å². The fourth-order valence-corrected chi connectivity index (χ4v) is 2.50. The second kappa shape index (κ2) is 3.76. The van der Waals surface area contributed by atoms with Crippen LogP contribution in [0.25, 0.3) is 0 Å². The van der Waals surface area contributed by atoms with Gasteiger partial charge in [-0.2, -0.15) is 0 Å². The van der Waals surface area contributed by atoms with Gasteiger partial charge in [0, 0.05) is 12.0 Å². The van der Waals surface area contributed by atoms with Crippen molar-refractivity contribution in [2.24, 2.45) is 17.8 Å². The molecule has 1 unspecified atom stereocenters. The van der Waals surface area contributed by atoms with Crippen molar-refractivity contribution in [3.05, 3.63) is 23.8 Å². The van der Waals surface area contributed by atoms with Crippen molar-refractivity contribution in [1.82, 2.24) is 0 Å². The van der Waals surface area contributed by atoms with Crippen molar-refractivity contribution in [2.45, 2.75) is 39.7 Å². The molecular weight excluding hydrogens is 200 g/mol. The Morgan fingerprint density at radius 3 is 2.69 bits per heavy atom. The number of ether oxygens (including phenoxy) is 1. The maximum atomic E-state index is 11.6. The topological polar surface area (TPSA) is 26.3 Å². The van der Waals surface area contributed by atoms with E-state index >= 15 is 0 Å². The van der Waals surface area contributed by atoms with Crippen LogP contribution in [0.4, 0.5) is 0 Å². The molecule has 2 aliphatic carbocycles. The molecule has 88 valence electrons. The van der Waals surface area contributed by atoms with Gasteiger partial charge in [-0.05, 0) is 39.0 Å². The number of rotatable bonds is 1. The Morgan fingerprint density at radius 2 is 2.12 bits per heavy atom. The third kappa shape index (κ3) is 2.21. The van der Waals surface area contributed by atoms with Crippen molar-refractivity contribution < 1.29 is 9.53 Å². The first-order valence-electron chi connectivity index (χ1n) is 5.98. The standard InChI is InChI=1S/C14H20O2/c1-9-5-6-11-10(7-12(9)11)8-13(15)16-14(2,3)4/h5-6,8-9,11-12H,7H2,1-4H3/t9?,11-,12-/m0/s1. The molecule has 0 aromatic rings. The molecule has 2 nitrogen and oxygen atoms in total. The first-order chi connectivity index (χ1) is 7.37.